The Morgan fingerprint density at radius 1 is 1.00 bits per heavy atom. The van der Waals surface area contributed by atoms with Gasteiger partial charge in [0.2, 0.25) is 0 Å². The first-order valence-corrected chi connectivity index (χ1v) is 7.79. The van der Waals surface area contributed by atoms with E-state index in [0.717, 1.165) is 5.56 Å². The maximum absolute atomic E-state index is 14.8. The van der Waals surface area contributed by atoms with E-state index < -0.39 is 34.6 Å². The van der Waals surface area contributed by atoms with Crippen molar-refractivity contribution in [2.75, 3.05) is 0 Å². The summed E-state index contributed by atoms with van der Waals surface area (Å²) in [6.07, 6.45) is -2.89. The molecule has 5 heteroatoms. The van der Waals surface area contributed by atoms with Crippen molar-refractivity contribution in [2.45, 2.75) is 51.6 Å². The van der Waals surface area contributed by atoms with E-state index in [1.165, 1.54) is 19.1 Å². The molecule has 0 aliphatic heterocycles. The molecule has 3 aliphatic carbocycles. The van der Waals surface area contributed by atoms with Gasteiger partial charge in [-0.15, -0.1) is 0 Å². The number of allylic oxidation sites excluding steroid dienone is 1. The molecular formula is C18H19F5. The Balaban J connectivity index is 2.06. The first-order chi connectivity index (χ1) is 10.6. The average Bonchev–Trinajstić information content (AvgIpc) is 2.53. The summed E-state index contributed by atoms with van der Waals surface area (Å²) < 4.78 is 72.5. The molecule has 1 atom stereocenters. The molecule has 4 rings (SSSR count). The second kappa shape index (κ2) is 5.05. The summed E-state index contributed by atoms with van der Waals surface area (Å²) in [5.41, 5.74) is -2.69. The van der Waals surface area contributed by atoms with Gasteiger partial charge in [0.15, 0.2) is 12.0 Å². The number of alkyl halides is 3. The maximum Gasteiger partial charge on any atom is 0.284 e. The van der Waals surface area contributed by atoms with E-state index in [1.54, 1.807) is 19.1 Å². The van der Waals surface area contributed by atoms with Crippen LogP contribution in [-0.4, -0.2) is 12.1 Å². The van der Waals surface area contributed by atoms with E-state index in [1.807, 2.05) is 0 Å². The van der Waals surface area contributed by atoms with Crippen molar-refractivity contribution in [1.82, 2.24) is 0 Å². The molecule has 0 saturated heterocycles. The van der Waals surface area contributed by atoms with Crippen LogP contribution in [0.2, 0.25) is 0 Å². The summed E-state index contributed by atoms with van der Waals surface area (Å²) in [6.45, 7) is 3.13. The maximum atomic E-state index is 14.8. The van der Waals surface area contributed by atoms with Gasteiger partial charge in [-0.2, -0.15) is 0 Å². The van der Waals surface area contributed by atoms with Gasteiger partial charge in [-0.05, 0) is 32.6 Å². The van der Waals surface area contributed by atoms with E-state index in [0.29, 0.717) is 0 Å². The highest BCUT2D eigenvalue weighted by atomic mass is 19.3. The van der Waals surface area contributed by atoms with Gasteiger partial charge in [0.25, 0.3) is 5.92 Å². The van der Waals surface area contributed by atoms with Crippen molar-refractivity contribution in [2.24, 2.45) is 10.8 Å². The Kier molecular flexibility index (Phi) is 3.62. The molecule has 3 saturated carbocycles. The van der Waals surface area contributed by atoms with Crippen molar-refractivity contribution in [3.8, 4) is 0 Å². The summed E-state index contributed by atoms with van der Waals surface area (Å²) in [7, 11) is 0. The molecule has 0 spiro atoms. The largest absolute Gasteiger partial charge is 0.284 e. The zero-order valence-electron chi connectivity index (χ0n) is 13.1. The lowest BCUT2D eigenvalue weighted by Gasteiger charge is -2.57. The molecule has 0 radical (unpaired) electrons. The van der Waals surface area contributed by atoms with E-state index >= 15 is 0 Å². The SMILES string of the molecule is Cc1ccc(/C(F)=C(\F)C23CCC(C)(CC2)C(F)(F)C3F)cc1. The minimum absolute atomic E-state index is 0.00494. The molecule has 23 heavy (non-hydrogen) atoms. The molecule has 0 amide bonds. The van der Waals surface area contributed by atoms with E-state index in [-0.39, 0.29) is 31.2 Å². The Morgan fingerprint density at radius 3 is 2.04 bits per heavy atom. The predicted octanol–water partition coefficient (Wildman–Crippen LogP) is 6.16. The van der Waals surface area contributed by atoms with Gasteiger partial charge in [-0.3, -0.25) is 0 Å². The lowest BCUT2D eigenvalue weighted by molar-refractivity contribution is -0.256. The van der Waals surface area contributed by atoms with E-state index in [9.17, 15) is 22.0 Å². The summed E-state index contributed by atoms with van der Waals surface area (Å²) in [5.74, 6) is -6.24. The van der Waals surface area contributed by atoms with Crippen LogP contribution in [0, 0.1) is 17.8 Å². The third-order valence-corrected chi connectivity index (χ3v) is 5.79. The molecule has 0 N–H and O–H groups in total. The van der Waals surface area contributed by atoms with Gasteiger partial charge in [0, 0.05) is 11.0 Å². The van der Waals surface area contributed by atoms with Gasteiger partial charge < -0.3 is 0 Å². The highest BCUT2D eigenvalue weighted by Crippen LogP contribution is 2.67. The van der Waals surface area contributed by atoms with Crippen LogP contribution in [0.3, 0.4) is 0 Å². The first kappa shape index (κ1) is 16.5. The first-order valence-electron chi connectivity index (χ1n) is 7.79. The smallest absolute Gasteiger partial charge is 0.240 e. The molecule has 3 fully saturated rings. The molecule has 126 valence electrons. The average molecular weight is 330 g/mol. The van der Waals surface area contributed by atoms with Crippen LogP contribution in [0.4, 0.5) is 22.0 Å². The molecule has 1 aromatic rings. The molecule has 1 unspecified atom stereocenters. The molecule has 1 aromatic carbocycles. The molecular weight excluding hydrogens is 311 g/mol. The van der Waals surface area contributed by atoms with Gasteiger partial charge in [0.1, 0.15) is 5.83 Å². The second-order valence-corrected chi connectivity index (χ2v) is 7.20. The normalized spacial score (nSPS) is 36.7. The van der Waals surface area contributed by atoms with Crippen LogP contribution in [0.5, 0.6) is 0 Å². The fourth-order valence-electron chi connectivity index (χ4n) is 3.86. The fourth-order valence-corrected chi connectivity index (χ4v) is 3.86. The number of benzene rings is 1. The minimum Gasteiger partial charge on any atom is -0.240 e. The summed E-state index contributed by atoms with van der Waals surface area (Å²) in [6, 6.07) is 5.95. The van der Waals surface area contributed by atoms with Crippen LogP contribution in [-0.2, 0) is 0 Å². The Morgan fingerprint density at radius 2 is 1.52 bits per heavy atom. The number of hydrogen-bond donors (Lipinski definition) is 0. The standard InChI is InChI=1S/C18H19F5/c1-11-3-5-12(6-4-11)13(19)14(20)17-9-7-16(2,8-10-17)18(22,23)15(17)21/h3-6,15H,7-10H2,1-2H3/b14-13+. The number of halogens is 5. The molecule has 3 aliphatic rings. The minimum atomic E-state index is -3.64. The van der Waals surface area contributed by atoms with Crippen molar-refractivity contribution in [3.05, 3.63) is 41.2 Å². The fraction of sp³-hybridized carbons (Fsp3) is 0.556. The summed E-state index contributed by atoms with van der Waals surface area (Å²) in [5, 5.41) is 0. The molecule has 0 aromatic heterocycles. The number of fused-ring (bicyclic) bond motifs is 3. The van der Waals surface area contributed by atoms with Crippen LogP contribution in [0.25, 0.3) is 5.83 Å². The third kappa shape index (κ3) is 2.15. The lowest BCUT2D eigenvalue weighted by atomic mass is 9.51. The number of aryl methyl sites for hydroxylation is 1. The highest BCUT2D eigenvalue weighted by molar-refractivity contribution is 5.62. The van der Waals surface area contributed by atoms with Crippen molar-refractivity contribution >= 4 is 5.83 Å². The van der Waals surface area contributed by atoms with Crippen LogP contribution in [0.15, 0.2) is 30.1 Å². The van der Waals surface area contributed by atoms with E-state index in [2.05, 4.69) is 0 Å². The van der Waals surface area contributed by atoms with Crippen molar-refractivity contribution in [3.63, 3.8) is 0 Å². The molecule has 0 nitrogen and oxygen atoms in total. The highest BCUT2D eigenvalue weighted by Gasteiger charge is 2.71. The summed E-state index contributed by atoms with van der Waals surface area (Å²) >= 11 is 0. The number of rotatable bonds is 2. The van der Waals surface area contributed by atoms with Gasteiger partial charge in [-0.25, -0.2) is 22.0 Å². The van der Waals surface area contributed by atoms with Crippen LogP contribution in [0.1, 0.15) is 43.7 Å². The zero-order valence-corrected chi connectivity index (χ0v) is 13.1. The second-order valence-electron chi connectivity index (χ2n) is 7.20. The molecule has 2 bridgehead atoms. The Bertz CT molecular complexity index is 636. The number of hydrogen-bond acceptors (Lipinski definition) is 0. The Hall–Kier alpha value is -1.39. The lowest BCUT2D eigenvalue weighted by Crippen LogP contribution is -2.62. The van der Waals surface area contributed by atoms with Gasteiger partial charge >= 0.3 is 0 Å². The zero-order chi connectivity index (χ0) is 17.0. The van der Waals surface area contributed by atoms with Crippen molar-refractivity contribution in [1.29, 1.82) is 0 Å². The van der Waals surface area contributed by atoms with Gasteiger partial charge in [-0.1, -0.05) is 36.8 Å². The van der Waals surface area contributed by atoms with Crippen LogP contribution < -0.4 is 0 Å². The van der Waals surface area contributed by atoms with Crippen LogP contribution >= 0.6 is 0 Å². The monoisotopic (exact) mass is 330 g/mol. The van der Waals surface area contributed by atoms with Crippen molar-refractivity contribution < 1.29 is 22.0 Å². The topological polar surface area (TPSA) is 0 Å². The predicted molar refractivity (Wildman–Crippen MR) is 79.2 cm³/mol. The Labute approximate surface area is 132 Å². The third-order valence-electron chi connectivity index (χ3n) is 5.79. The molecule has 0 heterocycles. The quantitative estimate of drug-likeness (QED) is 0.570. The van der Waals surface area contributed by atoms with E-state index in [4.69, 9.17) is 0 Å². The van der Waals surface area contributed by atoms with Gasteiger partial charge in [0.05, 0.1) is 5.41 Å². The summed E-state index contributed by atoms with van der Waals surface area (Å²) in [4.78, 5) is 0.